The molecule has 0 saturated carbocycles. The number of nitrogens with zero attached hydrogens (tertiary/aromatic N) is 3. The number of likely N-dealkylation sites (tertiary alicyclic amines) is 1. The van der Waals surface area contributed by atoms with Crippen molar-refractivity contribution in [2.24, 2.45) is 0 Å². The molecule has 5 nitrogen and oxygen atoms in total. The van der Waals surface area contributed by atoms with Crippen molar-refractivity contribution in [2.75, 3.05) is 6.61 Å². The van der Waals surface area contributed by atoms with E-state index in [2.05, 4.69) is 24.0 Å². The number of piperidine rings is 1. The van der Waals surface area contributed by atoms with Crippen LogP contribution in [0, 0.1) is 6.92 Å². The molecule has 1 aromatic rings. The van der Waals surface area contributed by atoms with E-state index in [-0.39, 0.29) is 12.5 Å². The van der Waals surface area contributed by atoms with Crippen molar-refractivity contribution in [3.05, 3.63) is 10.0 Å². The van der Waals surface area contributed by atoms with E-state index >= 15 is 0 Å². The number of hydrogen-bond acceptors (Lipinski definition) is 5. The van der Waals surface area contributed by atoms with Crippen LogP contribution < -0.4 is 0 Å². The molecule has 1 fully saturated rings. The van der Waals surface area contributed by atoms with E-state index in [1.54, 1.807) is 0 Å². The van der Waals surface area contributed by atoms with E-state index in [1.165, 1.54) is 17.8 Å². The predicted octanol–water partition coefficient (Wildman–Crippen LogP) is 2.15. The molecule has 1 aliphatic rings. The monoisotopic (exact) mass is 283 g/mol. The van der Waals surface area contributed by atoms with Crippen LogP contribution in [0.1, 0.15) is 43.1 Å². The molecule has 0 unspecified atom stereocenters. The molecule has 0 N–H and O–H groups in total. The molecule has 6 heteroatoms. The maximum atomic E-state index is 12.2. The summed E-state index contributed by atoms with van der Waals surface area (Å²) in [4.78, 5) is 14.1. The SMILES string of the molecule is Cc1nnc(COCC(=O)N2[C@H](C)CCC[C@@H]2C)s1. The van der Waals surface area contributed by atoms with Gasteiger partial charge in [0.1, 0.15) is 23.2 Å². The molecule has 0 aromatic carbocycles. The van der Waals surface area contributed by atoms with Gasteiger partial charge in [-0.25, -0.2) is 0 Å². The molecule has 2 atom stereocenters. The zero-order valence-electron chi connectivity index (χ0n) is 11.8. The average molecular weight is 283 g/mol. The number of hydrogen-bond donors (Lipinski definition) is 0. The first-order chi connectivity index (χ1) is 9.08. The molecule has 106 valence electrons. The summed E-state index contributed by atoms with van der Waals surface area (Å²) < 4.78 is 5.46. The lowest BCUT2D eigenvalue weighted by molar-refractivity contribution is -0.142. The molecule has 0 spiro atoms. The van der Waals surface area contributed by atoms with Gasteiger partial charge in [0.2, 0.25) is 5.91 Å². The first kappa shape index (κ1) is 14.4. The summed E-state index contributed by atoms with van der Waals surface area (Å²) >= 11 is 1.50. The average Bonchev–Trinajstić information content (AvgIpc) is 2.75. The van der Waals surface area contributed by atoms with E-state index in [9.17, 15) is 4.79 Å². The van der Waals surface area contributed by atoms with Crippen LogP contribution in [0.15, 0.2) is 0 Å². The number of carbonyl (C=O) groups excluding carboxylic acids is 1. The van der Waals surface area contributed by atoms with Gasteiger partial charge in [-0.15, -0.1) is 10.2 Å². The van der Waals surface area contributed by atoms with Crippen LogP contribution in [0.25, 0.3) is 0 Å². The number of ether oxygens (including phenoxy) is 1. The van der Waals surface area contributed by atoms with E-state index in [0.29, 0.717) is 18.7 Å². The summed E-state index contributed by atoms with van der Waals surface area (Å²) in [6, 6.07) is 0.646. The van der Waals surface area contributed by atoms with E-state index in [4.69, 9.17) is 4.74 Å². The summed E-state index contributed by atoms with van der Waals surface area (Å²) in [5, 5.41) is 9.64. The number of rotatable bonds is 4. The maximum absolute atomic E-state index is 12.2. The van der Waals surface area contributed by atoms with Gasteiger partial charge in [-0.05, 0) is 40.0 Å². The Morgan fingerprint density at radius 3 is 2.63 bits per heavy atom. The lowest BCUT2D eigenvalue weighted by atomic mass is 9.97. The first-order valence-electron chi connectivity index (χ1n) is 6.76. The Morgan fingerprint density at radius 2 is 2.05 bits per heavy atom. The second kappa shape index (κ2) is 6.43. The number of aromatic nitrogens is 2. The second-order valence-corrected chi connectivity index (χ2v) is 6.40. The van der Waals surface area contributed by atoms with Crippen molar-refractivity contribution in [2.45, 2.75) is 58.7 Å². The van der Waals surface area contributed by atoms with E-state index in [1.807, 2.05) is 11.8 Å². The summed E-state index contributed by atoms with van der Waals surface area (Å²) in [6.07, 6.45) is 3.38. The van der Waals surface area contributed by atoms with Crippen molar-refractivity contribution < 1.29 is 9.53 Å². The van der Waals surface area contributed by atoms with Crippen LogP contribution in [-0.2, 0) is 16.1 Å². The quantitative estimate of drug-likeness (QED) is 0.849. The molecule has 2 rings (SSSR count). The molecule has 1 aliphatic heterocycles. The Bertz CT molecular complexity index is 425. The summed E-state index contributed by atoms with van der Waals surface area (Å²) in [5.41, 5.74) is 0. The standard InChI is InChI=1S/C13H21N3O2S/c1-9-5-4-6-10(2)16(9)13(17)8-18-7-12-15-14-11(3)19-12/h9-10H,4-8H2,1-3H3/t9-,10+. The fraction of sp³-hybridized carbons (Fsp3) is 0.769. The Labute approximate surface area is 118 Å². The summed E-state index contributed by atoms with van der Waals surface area (Å²) in [7, 11) is 0. The largest absolute Gasteiger partial charge is 0.364 e. The molecule has 0 aliphatic carbocycles. The number of carbonyl (C=O) groups is 1. The third kappa shape index (κ3) is 3.73. The van der Waals surface area contributed by atoms with E-state index < -0.39 is 0 Å². The Balaban J connectivity index is 1.80. The predicted molar refractivity (Wildman–Crippen MR) is 73.9 cm³/mol. The van der Waals surface area contributed by atoms with Gasteiger partial charge in [0, 0.05) is 12.1 Å². The van der Waals surface area contributed by atoms with Gasteiger partial charge in [-0.3, -0.25) is 4.79 Å². The molecule has 19 heavy (non-hydrogen) atoms. The van der Waals surface area contributed by atoms with Gasteiger partial charge in [0.05, 0.1) is 0 Å². The molecular weight excluding hydrogens is 262 g/mol. The summed E-state index contributed by atoms with van der Waals surface area (Å²) in [6.45, 7) is 6.63. The van der Waals surface area contributed by atoms with Crippen LogP contribution in [-0.4, -0.2) is 39.7 Å². The minimum atomic E-state index is 0.0842. The van der Waals surface area contributed by atoms with Crippen LogP contribution >= 0.6 is 11.3 Å². The lowest BCUT2D eigenvalue weighted by Gasteiger charge is -2.39. The van der Waals surface area contributed by atoms with Gasteiger partial charge in [-0.2, -0.15) is 0 Å². The van der Waals surface area contributed by atoms with Crippen molar-refractivity contribution >= 4 is 17.2 Å². The maximum Gasteiger partial charge on any atom is 0.249 e. The molecule has 1 saturated heterocycles. The topological polar surface area (TPSA) is 55.3 Å². The van der Waals surface area contributed by atoms with Crippen LogP contribution in [0.2, 0.25) is 0 Å². The van der Waals surface area contributed by atoms with Crippen LogP contribution in [0.4, 0.5) is 0 Å². The van der Waals surface area contributed by atoms with Gasteiger partial charge < -0.3 is 9.64 Å². The molecule has 1 aromatic heterocycles. The normalized spacial score (nSPS) is 23.6. The molecule has 0 bridgehead atoms. The minimum absolute atomic E-state index is 0.0842. The third-order valence-corrected chi connectivity index (χ3v) is 4.31. The van der Waals surface area contributed by atoms with E-state index in [0.717, 1.165) is 22.9 Å². The highest BCUT2D eigenvalue weighted by molar-refractivity contribution is 7.11. The van der Waals surface area contributed by atoms with Gasteiger partial charge in [-0.1, -0.05) is 11.3 Å². The zero-order chi connectivity index (χ0) is 13.8. The number of amides is 1. The smallest absolute Gasteiger partial charge is 0.249 e. The Hall–Kier alpha value is -1.01. The minimum Gasteiger partial charge on any atom is -0.364 e. The fourth-order valence-corrected chi connectivity index (χ4v) is 3.26. The van der Waals surface area contributed by atoms with Crippen LogP contribution in [0.3, 0.4) is 0 Å². The summed E-state index contributed by atoms with van der Waals surface area (Å²) in [5.74, 6) is 0.0842. The fourth-order valence-electron chi connectivity index (χ4n) is 2.61. The number of aryl methyl sites for hydroxylation is 1. The Kier molecular flexibility index (Phi) is 4.87. The second-order valence-electron chi connectivity index (χ2n) is 5.14. The zero-order valence-corrected chi connectivity index (χ0v) is 12.6. The Morgan fingerprint density at radius 1 is 1.37 bits per heavy atom. The van der Waals surface area contributed by atoms with Crippen molar-refractivity contribution in [3.63, 3.8) is 0 Å². The van der Waals surface area contributed by atoms with Crippen molar-refractivity contribution in [1.82, 2.24) is 15.1 Å². The van der Waals surface area contributed by atoms with Gasteiger partial charge >= 0.3 is 0 Å². The van der Waals surface area contributed by atoms with Crippen molar-refractivity contribution in [1.29, 1.82) is 0 Å². The third-order valence-electron chi connectivity index (χ3n) is 3.50. The van der Waals surface area contributed by atoms with Gasteiger partial charge in [0.15, 0.2) is 0 Å². The van der Waals surface area contributed by atoms with Gasteiger partial charge in [0.25, 0.3) is 0 Å². The van der Waals surface area contributed by atoms with Crippen molar-refractivity contribution in [3.8, 4) is 0 Å². The molecule has 2 heterocycles. The highest BCUT2D eigenvalue weighted by Gasteiger charge is 2.28. The van der Waals surface area contributed by atoms with Crippen LogP contribution in [0.5, 0.6) is 0 Å². The highest BCUT2D eigenvalue weighted by atomic mass is 32.1. The molecular formula is C13H21N3O2S. The highest BCUT2D eigenvalue weighted by Crippen LogP contribution is 2.22. The molecule has 0 radical (unpaired) electrons. The lowest BCUT2D eigenvalue weighted by Crippen LogP contribution is -2.48. The first-order valence-corrected chi connectivity index (χ1v) is 7.57. The molecule has 1 amide bonds.